The normalized spacial score (nSPS) is 11.6. The molecule has 7 heteroatoms. The summed E-state index contributed by atoms with van der Waals surface area (Å²) in [5.74, 6) is 2.30. The molecule has 0 N–H and O–H groups in total. The van der Waals surface area contributed by atoms with Gasteiger partial charge in [0.05, 0.1) is 22.1 Å². The van der Waals surface area contributed by atoms with Crippen molar-refractivity contribution in [1.29, 1.82) is 0 Å². The van der Waals surface area contributed by atoms with Gasteiger partial charge < -0.3 is 0 Å². The first-order chi connectivity index (χ1) is 18.8. The standard InChI is InChI=1S/C31H23N7/c1-2-25-36-26(17-21-11-15-34-30-23(21)9-7-19-5-3-13-32-28(19)30)38-27(37-25)18-22-12-16-35-31-24(22)10-8-20-6-4-14-33-29(20)31/h3-16H,2,17-18H2,1H3. The average Bonchev–Trinajstić information content (AvgIpc) is 2.97. The molecule has 0 atom stereocenters. The highest BCUT2D eigenvalue weighted by Crippen LogP contribution is 2.27. The molecule has 0 saturated heterocycles. The Balaban J connectivity index is 1.28. The Morgan fingerprint density at radius 3 is 1.45 bits per heavy atom. The van der Waals surface area contributed by atoms with Crippen molar-refractivity contribution in [2.24, 2.45) is 0 Å². The van der Waals surface area contributed by atoms with E-state index < -0.39 is 0 Å². The number of fused-ring (bicyclic) bond motifs is 6. The second kappa shape index (κ2) is 9.19. The highest BCUT2D eigenvalue weighted by atomic mass is 15.0. The van der Waals surface area contributed by atoms with Crippen molar-refractivity contribution < 1.29 is 0 Å². The van der Waals surface area contributed by atoms with E-state index in [0.717, 1.165) is 78.6 Å². The van der Waals surface area contributed by atoms with Gasteiger partial charge in [-0.3, -0.25) is 19.9 Å². The largest absolute Gasteiger partial charge is 0.254 e. The maximum atomic E-state index is 4.92. The topological polar surface area (TPSA) is 90.2 Å². The van der Waals surface area contributed by atoms with Gasteiger partial charge in [0.2, 0.25) is 0 Å². The summed E-state index contributed by atoms with van der Waals surface area (Å²) in [6.07, 6.45) is 9.22. The molecule has 7 nitrogen and oxygen atoms in total. The first-order valence-corrected chi connectivity index (χ1v) is 12.7. The summed E-state index contributed by atoms with van der Waals surface area (Å²) in [6.45, 7) is 2.07. The number of hydrogen-bond acceptors (Lipinski definition) is 7. The fourth-order valence-corrected chi connectivity index (χ4v) is 5.11. The third-order valence-corrected chi connectivity index (χ3v) is 6.93. The van der Waals surface area contributed by atoms with Gasteiger partial charge in [-0.05, 0) is 35.4 Å². The minimum Gasteiger partial charge on any atom is -0.254 e. The number of benzene rings is 2. The SMILES string of the molecule is CCc1nc(Cc2ccnc3c2ccc2cccnc23)nc(Cc2ccnc3c2ccc2cccnc23)n1. The zero-order valence-corrected chi connectivity index (χ0v) is 20.8. The molecular formula is C31H23N7. The molecule has 7 rings (SSSR count). The van der Waals surface area contributed by atoms with Crippen LogP contribution in [0.25, 0.3) is 43.6 Å². The van der Waals surface area contributed by atoms with Crippen LogP contribution in [-0.2, 0) is 19.3 Å². The van der Waals surface area contributed by atoms with Gasteiger partial charge in [-0.25, -0.2) is 15.0 Å². The molecule has 7 aromatic rings. The number of pyridine rings is 4. The summed E-state index contributed by atoms with van der Waals surface area (Å²) in [6, 6.07) is 20.5. The molecule has 5 heterocycles. The van der Waals surface area contributed by atoms with Crippen molar-refractivity contribution in [2.45, 2.75) is 26.2 Å². The summed E-state index contributed by atoms with van der Waals surface area (Å²) < 4.78 is 0. The van der Waals surface area contributed by atoms with Crippen LogP contribution in [0, 0.1) is 0 Å². The highest BCUT2D eigenvalue weighted by molar-refractivity contribution is 6.04. The summed E-state index contributed by atoms with van der Waals surface area (Å²) in [7, 11) is 0. The quantitative estimate of drug-likeness (QED) is 0.280. The molecule has 2 aromatic carbocycles. The first kappa shape index (κ1) is 22.3. The lowest BCUT2D eigenvalue weighted by molar-refractivity contribution is 0.789. The van der Waals surface area contributed by atoms with Gasteiger partial charge in [-0.1, -0.05) is 43.3 Å². The lowest BCUT2D eigenvalue weighted by Gasteiger charge is -2.11. The Hall–Kier alpha value is -4.91. The molecule has 38 heavy (non-hydrogen) atoms. The Morgan fingerprint density at radius 2 is 0.947 bits per heavy atom. The number of nitrogens with zero attached hydrogens (tertiary/aromatic N) is 7. The number of aromatic nitrogens is 7. The van der Waals surface area contributed by atoms with Gasteiger partial charge in [-0.2, -0.15) is 0 Å². The zero-order valence-electron chi connectivity index (χ0n) is 20.8. The van der Waals surface area contributed by atoms with Crippen molar-refractivity contribution in [1.82, 2.24) is 34.9 Å². The van der Waals surface area contributed by atoms with E-state index in [1.807, 2.05) is 49.1 Å². The van der Waals surface area contributed by atoms with Crippen molar-refractivity contribution in [3.63, 3.8) is 0 Å². The monoisotopic (exact) mass is 493 g/mol. The van der Waals surface area contributed by atoms with Crippen LogP contribution in [0.1, 0.15) is 35.5 Å². The van der Waals surface area contributed by atoms with Gasteiger partial charge in [0.25, 0.3) is 0 Å². The van der Waals surface area contributed by atoms with Gasteiger partial charge in [0.15, 0.2) is 0 Å². The molecule has 0 spiro atoms. The number of rotatable bonds is 5. The van der Waals surface area contributed by atoms with Gasteiger partial charge in [0, 0.05) is 65.6 Å². The van der Waals surface area contributed by atoms with Crippen LogP contribution in [0.2, 0.25) is 0 Å². The van der Waals surface area contributed by atoms with Crippen LogP contribution in [0.15, 0.2) is 85.5 Å². The molecule has 0 saturated carbocycles. The second-order valence-electron chi connectivity index (χ2n) is 9.31. The van der Waals surface area contributed by atoms with E-state index in [1.165, 1.54) is 0 Å². The van der Waals surface area contributed by atoms with E-state index >= 15 is 0 Å². The molecular weight excluding hydrogens is 470 g/mol. The maximum Gasteiger partial charge on any atom is 0.137 e. The zero-order chi connectivity index (χ0) is 25.5. The number of aryl methyl sites for hydroxylation is 1. The summed E-state index contributed by atoms with van der Waals surface area (Å²) in [5.41, 5.74) is 5.85. The van der Waals surface area contributed by atoms with Crippen LogP contribution < -0.4 is 0 Å². The second-order valence-corrected chi connectivity index (χ2v) is 9.31. The number of hydrogen-bond donors (Lipinski definition) is 0. The minimum atomic E-state index is 0.589. The van der Waals surface area contributed by atoms with Crippen LogP contribution in [0.5, 0.6) is 0 Å². The Kier molecular flexibility index (Phi) is 5.39. The van der Waals surface area contributed by atoms with Crippen LogP contribution in [0.3, 0.4) is 0 Å². The van der Waals surface area contributed by atoms with Crippen molar-refractivity contribution in [3.8, 4) is 0 Å². The van der Waals surface area contributed by atoms with Crippen molar-refractivity contribution >= 4 is 43.6 Å². The molecule has 0 fully saturated rings. The van der Waals surface area contributed by atoms with Crippen molar-refractivity contribution in [3.05, 3.63) is 114 Å². The van der Waals surface area contributed by atoms with Gasteiger partial charge in [-0.15, -0.1) is 0 Å². The van der Waals surface area contributed by atoms with E-state index in [1.54, 1.807) is 0 Å². The van der Waals surface area contributed by atoms with E-state index in [4.69, 9.17) is 15.0 Å². The van der Waals surface area contributed by atoms with Crippen molar-refractivity contribution in [2.75, 3.05) is 0 Å². The summed E-state index contributed by atoms with van der Waals surface area (Å²) in [4.78, 5) is 32.9. The fourth-order valence-electron chi connectivity index (χ4n) is 5.11. The molecule has 0 unspecified atom stereocenters. The predicted molar refractivity (Wildman–Crippen MR) is 149 cm³/mol. The summed E-state index contributed by atoms with van der Waals surface area (Å²) in [5, 5.41) is 4.29. The first-order valence-electron chi connectivity index (χ1n) is 12.7. The smallest absolute Gasteiger partial charge is 0.137 e. The maximum absolute atomic E-state index is 4.92. The molecule has 182 valence electrons. The van der Waals surface area contributed by atoms with E-state index in [-0.39, 0.29) is 0 Å². The Bertz CT molecular complexity index is 1840. The average molecular weight is 494 g/mol. The van der Waals surface area contributed by atoms with Gasteiger partial charge >= 0.3 is 0 Å². The Labute approximate surface area is 218 Å². The van der Waals surface area contributed by atoms with Crippen LogP contribution >= 0.6 is 0 Å². The Morgan fingerprint density at radius 1 is 0.474 bits per heavy atom. The third kappa shape index (κ3) is 3.89. The molecule has 0 bridgehead atoms. The lowest BCUT2D eigenvalue weighted by atomic mass is 10.0. The van der Waals surface area contributed by atoms with Gasteiger partial charge in [0.1, 0.15) is 17.5 Å². The van der Waals surface area contributed by atoms with Crippen LogP contribution in [0.4, 0.5) is 0 Å². The third-order valence-electron chi connectivity index (χ3n) is 6.93. The van der Waals surface area contributed by atoms with Crippen LogP contribution in [-0.4, -0.2) is 34.9 Å². The predicted octanol–water partition coefficient (Wildman–Crippen LogP) is 5.81. The highest BCUT2D eigenvalue weighted by Gasteiger charge is 2.13. The molecule has 5 aromatic heterocycles. The molecule has 0 aliphatic rings. The molecule has 0 amide bonds. The fraction of sp³-hybridized carbons (Fsp3) is 0.129. The van der Waals surface area contributed by atoms with E-state index in [0.29, 0.717) is 12.8 Å². The molecule has 0 aliphatic carbocycles. The summed E-state index contributed by atoms with van der Waals surface area (Å²) >= 11 is 0. The van der Waals surface area contributed by atoms with E-state index in [9.17, 15) is 0 Å². The lowest BCUT2D eigenvalue weighted by Crippen LogP contribution is -2.09. The molecule has 0 aliphatic heterocycles. The minimum absolute atomic E-state index is 0.589. The van der Waals surface area contributed by atoms with E-state index in [2.05, 4.69) is 63.3 Å². The molecule has 0 radical (unpaired) electrons.